The third kappa shape index (κ3) is 4.86. The van der Waals surface area contributed by atoms with Gasteiger partial charge in [0.2, 0.25) is 0 Å². The Balaban J connectivity index is 0.00000300. The fourth-order valence-corrected chi connectivity index (χ4v) is 5.75. The van der Waals surface area contributed by atoms with E-state index < -0.39 is 0 Å². The molecule has 0 aliphatic carbocycles. The second-order valence-electron chi connectivity index (χ2n) is 10.1. The largest absolute Gasteiger partial charge is 0.511 e. The molecule has 0 atom stereocenters. The van der Waals surface area contributed by atoms with Gasteiger partial charge in [0.15, 0.2) is 0 Å². The maximum absolute atomic E-state index is 6.39. The molecular formula is C37H25N4OPt-3. The van der Waals surface area contributed by atoms with Gasteiger partial charge in [-0.1, -0.05) is 66.7 Å². The number of pyridine rings is 1. The maximum Gasteiger partial charge on any atom is 0.135 e. The van der Waals surface area contributed by atoms with Gasteiger partial charge >= 0.3 is 0 Å². The van der Waals surface area contributed by atoms with Gasteiger partial charge in [0.25, 0.3) is 0 Å². The van der Waals surface area contributed by atoms with Crippen LogP contribution in [-0.2, 0) is 21.1 Å². The van der Waals surface area contributed by atoms with E-state index in [1.165, 1.54) is 0 Å². The summed E-state index contributed by atoms with van der Waals surface area (Å²) in [5, 5.41) is 2.25. The van der Waals surface area contributed by atoms with Gasteiger partial charge in [-0.3, -0.25) is 0 Å². The zero-order valence-electron chi connectivity index (χ0n) is 23.0. The quantitative estimate of drug-likeness (QED) is 0.165. The van der Waals surface area contributed by atoms with Crippen molar-refractivity contribution in [3.8, 4) is 17.3 Å². The number of hydrogen-bond acceptors (Lipinski definition) is 4. The van der Waals surface area contributed by atoms with E-state index in [4.69, 9.17) is 4.74 Å². The van der Waals surface area contributed by atoms with Crippen molar-refractivity contribution in [2.45, 2.75) is 0 Å². The zero-order chi connectivity index (χ0) is 27.9. The molecule has 5 nitrogen and oxygen atoms in total. The van der Waals surface area contributed by atoms with E-state index in [1.807, 2.05) is 54.7 Å². The van der Waals surface area contributed by atoms with Crippen LogP contribution in [0.3, 0.4) is 0 Å². The minimum atomic E-state index is 0. The van der Waals surface area contributed by atoms with Gasteiger partial charge in [-0.05, 0) is 47.9 Å². The summed E-state index contributed by atoms with van der Waals surface area (Å²) in [6, 6.07) is 50.3. The number of fused-ring (bicyclic) bond motifs is 4. The van der Waals surface area contributed by atoms with Crippen molar-refractivity contribution < 1.29 is 25.8 Å². The second-order valence-corrected chi connectivity index (χ2v) is 10.1. The molecule has 8 rings (SSSR count). The normalized spacial score (nSPS) is 12.7. The van der Waals surface area contributed by atoms with Crippen molar-refractivity contribution in [2.24, 2.45) is 0 Å². The van der Waals surface area contributed by atoms with E-state index in [1.54, 1.807) is 0 Å². The second kappa shape index (κ2) is 11.4. The first-order valence-electron chi connectivity index (χ1n) is 13.9. The summed E-state index contributed by atoms with van der Waals surface area (Å²) in [6.45, 7) is 2.93. The van der Waals surface area contributed by atoms with Crippen LogP contribution in [0.15, 0.2) is 134 Å². The van der Waals surface area contributed by atoms with E-state index in [0.29, 0.717) is 11.5 Å². The van der Waals surface area contributed by atoms with Crippen LogP contribution in [0, 0.1) is 18.7 Å². The van der Waals surface area contributed by atoms with Crippen LogP contribution in [0.5, 0.6) is 11.5 Å². The molecule has 0 unspecified atom stereocenters. The minimum absolute atomic E-state index is 0. The molecule has 0 saturated heterocycles. The number of para-hydroxylation sites is 4. The molecule has 7 aromatic rings. The molecule has 43 heavy (non-hydrogen) atoms. The summed E-state index contributed by atoms with van der Waals surface area (Å²) >= 11 is 0. The summed E-state index contributed by atoms with van der Waals surface area (Å²) in [7, 11) is 0. The van der Waals surface area contributed by atoms with Crippen LogP contribution in [0.4, 0.5) is 22.7 Å². The van der Waals surface area contributed by atoms with Crippen molar-refractivity contribution in [1.29, 1.82) is 0 Å². The Labute approximate surface area is 264 Å². The molecule has 0 N–H and O–H groups in total. The number of aromatic nitrogens is 2. The number of hydrogen-bond donors (Lipinski definition) is 0. The van der Waals surface area contributed by atoms with Gasteiger partial charge in [-0.25, -0.2) is 11.5 Å². The molecule has 0 bridgehead atoms. The molecule has 2 aromatic heterocycles. The smallest absolute Gasteiger partial charge is 0.135 e. The molecule has 0 spiro atoms. The molecule has 0 amide bonds. The van der Waals surface area contributed by atoms with Crippen LogP contribution < -0.4 is 14.5 Å². The average Bonchev–Trinajstić information content (AvgIpc) is 3.39. The summed E-state index contributed by atoms with van der Waals surface area (Å²) in [6.07, 6.45) is 1.81. The molecule has 0 radical (unpaired) electrons. The van der Waals surface area contributed by atoms with Gasteiger partial charge in [0, 0.05) is 55.7 Å². The number of nitrogens with zero attached hydrogens (tertiary/aromatic N) is 4. The van der Waals surface area contributed by atoms with Crippen LogP contribution >= 0.6 is 0 Å². The maximum atomic E-state index is 6.39. The Morgan fingerprint density at radius 2 is 1.42 bits per heavy atom. The SMILES string of the molecule is [Pt].[c-]1c(Oc2[c-]c3c(cc2)c2ccccc2n3-c2ccccn2)cccc1N1[CH-]CN(c2ccccc2)c2ccccc21. The molecule has 3 heterocycles. The number of rotatable bonds is 5. The summed E-state index contributed by atoms with van der Waals surface area (Å²) in [5.74, 6) is 2.09. The van der Waals surface area contributed by atoms with Crippen LogP contribution in [0.25, 0.3) is 27.6 Å². The third-order valence-electron chi connectivity index (χ3n) is 7.61. The fourth-order valence-electron chi connectivity index (χ4n) is 5.75. The van der Waals surface area contributed by atoms with E-state index in [9.17, 15) is 0 Å². The molecular weight excluding hydrogens is 712 g/mol. The monoisotopic (exact) mass is 736 g/mol. The Morgan fingerprint density at radius 1 is 0.651 bits per heavy atom. The Hall–Kier alpha value is -4.86. The van der Waals surface area contributed by atoms with Crippen LogP contribution in [0.1, 0.15) is 0 Å². The predicted molar refractivity (Wildman–Crippen MR) is 169 cm³/mol. The Kier molecular flexibility index (Phi) is 7.18. The summed E-state index contributed by atoms with van der Waals surface area (Å²) in [5.41, 5.74) is 6.31. The van der Waals surface area contributed by atoms with Gasteiger partial charge in [-0.15, -0.1) is 41.4 Å². The average molecular weight is 737 g/mol. The Morgan fingerprint density at radius 3 is 2.28 bits per heavy atom. The predicted octanol–water partition coefficient (Wildman–Crippen LogP) is 9.02. The number of anilines is 4. The number of ether oxygens (including phenoxy) is 1. The van der Waals surface area contributed by atoms with E-state index in [-0.39, 0.29) is 21.1 Å². The molecule has 212 valence electrons. The first-order chi connectivity index (χ1) is 20.8. The zero-order valence-corrected chi connectivity index (χ0v) is 25.3. The van der Waals surface area contributed by atoms with Gasteiger partial charge in [0.1, 0.15) is 5.82 Å². The molecule has 1 aliphatic heterocycles. The van der Waals surface area contributed by atoms with E-state index in [2.05, 4.69) is 117 Å². The molecule has 5 aromatic carbocycles. The first kappa shape index (κ1) is 27.0. The fraction of sp³-hybridized carbons (Fsp3) is 0.0270. The topological polar surface area (TPSA) is 33.5 Å². The van der Waals surface area contributed by atoms with Crippen molar-refractivity contribution in [1.82, 2.24) is 9.55 Å². The first-order valence-corrected chi connectivity index (χ1v) is 13.9. The summed E-state index contributed by atoms with van der Waals surface area (Å²) in [4.78, 5) is 9.13. The van der Waals surface area contributed by atoms with Crippen LogP contribution in [-0.4, -0.2) is 16.1 Å². The van der Waals surface area contributed by atoms with Gasteiger partial charge < -0.3 is 19.1 Å². The van der Waals surface area contributed by atoms with Crippen LogP contribution in [0.2, 0.25) is 0 Å². The van der Waals surface area contributed by atoms with Crippen molar-refractivity contribution in [3.63, 3.8) is 0 Å². The van der Waals surface area contributed by atoms with E-state index >= 15 is 0 Å². The summed E-state index contributed by atoms with van der Waals surface area (Å²) < 4.78 is 8.52. The van der Waals surface area contributed by atoms with Crippen molar-refractivity contribution >= 4 is 44.6 Å². The van der Waals surface area contributed by atoms with Gasteiger partial charge in [0.05, 0.1) is 5.69 Å². The Bertz CT molecular complexity index is 2040. The molecule has 0 saturated carbocycles. The third-order valence-corrected chi connectivity index (χ3v) is 7.61. The molecule has 1 aliphatic rings. The standard InChI is InChI=1S/C37H25N4O.Pt/c1-2-11-27(12-3-1)39-23-24-40(35-18-7-6-17-34(35)39)28-13-10-14-29(25-28)42-30-20-21-32-31-15-4-5-16-33(31)41(36(32)26-30)37-19-8-9-22-38-37;/h1-22,24H,23H2;/q-3;. The van der Waals surface area contributed by atoms with E-state index in [0.717, 1.165) is 56.9 Å². The number of benzene rings is 5. The van der Waals surface area contributed by atoms with Crippen molar-refractivity contribution in [3.05, 3.63) is 152 Å². The van der Waals surface area contributed by atoms with Crippen molar-refractivity contribution in [2.75, 3.05) is 16.3 Å². The molecule has 0 fully saturated rings. The molecule has 6 heteroatoms. The minimum Gasteiger partial charge on any atom is -0.511 e. The van der Waals surface area contributed by atoms with Gasteiger partial charge in [-0.2, -0.15) is 12.1 Å².